The summed E-state index contributed by atoms with van der Waals surface area (Å²) in [7, 11) is 0. The van der Waals surface area contributed by atoms with Gasteiger partial charge in [0.2, 0.25) is 5.95 Å². The molecule has 10 heteroatoms. The molecule has 0 fully saturated rings. The van der Waals surface area contributed by atoms with Crippen molar-refractivity contribution in [2.75, 3.05) is 23.8 Å². The number of anilines is 2. The van der Waals surface area contributed by atoms with E-state index < -0.39 is 0 Å². The second-order valence-corrected chi connectivity index (χ2v) is 7.44. The summed E-state index contributed by atoms with van der Waals surface area (Å²) in [5.74, 6) is 1.04. The van der Waals surface area contributed by atoms with E-state index in [1.807, 2.05) is 38.1 Å². The van der Waals surface area contributed by atoms with E-state index in [9.17, 15) is 9.90 Å². The van der Waals surface area contributed by atoms with Crippen molar-refractivity contribution in [1.29, 1.82) is 0 Å². The van der Waals surface area contributed by atoms with Crippen LogP contribution in [-0.2, 0) is 0 Å². The molecular formula is C23H26N8O2. The molecule has 0 aliphatic carbocycles. The lowest BCUT2D eigenvalue weighted by Gasteiger charge is -2.14. The minimum Gasteiger partial charge on any atom is -0.394 e. The number of imidazole rings is 1. The number of pyridine rings is 1. The third kappa shape index (κ3) is 5.07. The maximum absolute atomic E-state index is 11.9. The van der Waals surface area contributed by atoms with Crippen LogP contribution in [0.5, 0.6) is 0 Å². The highest BCUT2D eigenvalue weighted by molar-refractivity contribution is 5.97. The summed E-state index contributed by atoms with van der Waals surface area (Å²) >= 11 is 0. The number of nitrogens with zero attached hydrogens (tertiary/aromatic N) is 4. The van der Waals surface area contributed by atoms with E-state index in [4.69, 9.17) is 0 Å². The van der Waals surface area contributed by atoms with Gasteiger partial charge in [-0.2, -0.15) is 0 Å². The SMILES string of the molecule is CCNC(=O)Nc1nc2c(-c3cnccn3)cc(-c3ccc(N[C@H](CC)CO)nc3)cc2[nH]1. The summed E-state index contributed by atoms with van der Waals surface area (Å²) in [4.78, 5) is 32.8. The maximum atomic E-state index is 11.9. The van der Waals surface area contributed by atoms with Gasteiger partial charge in [0.05, 0.1) is 30.1 Å². The molecule has 3 aromatic heterocycles. The molecule has 0 aliphatic rings. The molecular weight excluding hydrogens is 420 g/mol. The Balaban J connectivity index is 1.73. The Morgan fingerprint density at radius 1 is 1.12 bits per heavy atom. The number of fused-ring (bicyclic) bond motifs is 1. The van der Waals surface area contributed by atoms with Gasteiger partial charge in [0, 0.05) is 36.3 Å². The highest BCUT2D eigenvalue weighted by atomic mass is 16.3. The number of carbonyl (C=O) groups is 1. The van der Waals surface area contributed by atoms with Crippen LogP contribution in [-0.4, -0.2) is 55.3 Å². The molecule has 170 valence electrons. The van der Waals surface area contributed by atoms with Crippen LogP contribution < -0.4 is 16.0 Å². The van der Waals surface area contributed by atoms with Gasteiger partial charge < -0.3 is 20.7 Å². The Hall–Kier alpha value is -4.05. The molecule has 0 saturated carbocycles. The molecule has 5 N–H and O–H groups in total. The lowest BCUT2D eigenvalue weighted by Crippen LogP contribution is -2.28. The van der Waals surface area contributed by atoms with Gasteiger partial charge in [-0.15, -0.1) is 0 Å². The van der Waals surface area contributed by atoms with Gasteiger partial charge in [-0.05, 0) is 43.2 Å². The molecule has 0 saturated heterocycles. The van der Waals surface area contributed by atoms with Crippen LogP contribution in [0.3, 0.4) is 0 Å². The zero-order valence-electron chi connectivity index (χ0n) is 18.5. The van der Waals surface area contributed by atoms with Gasteiger partial charge in [-0.3, -0.25) is 15.3 Å². The van der Waals surface area contributed by atoms with Crippen LogP contribution >= 0.6 is 0 Å². The fourth-order valence-electron chi connectivity index (χ4n) is 3.43. The summed E-state index contributed by atoms with van der Waals surface area (Å²) in [5, 5.41) is 18.0. The fraction of sp³-hybridized carbons (Fsp3) is 0.261. The number of aliphatic hydroxyl groups excluding tert-OH is 1. The maximum Gasteiger partial charge on any atom is 0.321 e. The van der Waals surface area contributed by atoms with Gasteiger partial charge in [-0.25, -0.2) is 14.8 Å². The topological polar surface area (TPSA) is 141 Å². The molecule has 10 nitrogen and oxygen atoms in total. The first-order valence-corrected chi connectivity index (χ1v) is 10.8. The van der Waals surface area contributed by atoms with Gasteiger partial charge in [-0.1, -0.05) is 6.92 Å². The third-order valence-electron chi connectivity index (χ3n) is 5.16. The second-order valence-electron chi connectivity index (χ2n) is 7.44. The predicted molar refractivity (Wildman–Crippen MR) is 128 cm³/mol. The van der Waals surface area contributed by atoms with E-state index in [0.29, 0.717) is 29.5 Å². The number of benzene rings is 1. The molecule has 4 rings (SSSR count). The number of hydrogen-bond acceptors (Lipinski definition) is 7. The smallest absolute Gasteiger partial charge is 0.321 e. The molecule has 0 bridgehead atoms. The van der Waals surface area contributed by atoms with Crippen molar-refractivity contribution in [3.05, 3.63) is 49.1 Å². The summed E-state index contributed by atoms with van der Waals surface area (Å²) in [6, 6.07) is 7.41. The largest absolute Gasteiger partial charge is 0.394 e. The summed E-state index contributed by atoms with van der Waals surface area (Å²) < 4.78 is 0. The minimum absolute atomic E-state index is 0.0382. The normalized spacial score (nSPS) is 11.8. The Kier molecular flexibility index (Phi) is 6.75. The monoisotopic (exact) mass is 446 g/mol. The molecule has 3 heterocycles. The van der Waals surface area contributed by atoms with Crippen molar-refractivity contribution in [2.45, 2.75) is 26.3 Å². The Labute approximate surface area is 190 Å². The molecule has 1 aromatic carbocycles. The van der Waals surface area contributed by atoms with Crippen molar-refractivity contribution < 1.29 is 9.90 Å². The first kappa shape index (κ1) is 22.2. The highest BCUT2D eigenvalue weighted by Gasteiger charge is 2.15. The molecule has 0 unspecified atom stereocenters. The number of aromatic amines is 1. The van der Waals surface area contributed by atoms with Crippen molar-refractivity contribution >= 4 is 28.8 Å². The zero-order chi connectivity index (χ0) is 23.2. The standard InChI is InChI=1S/C23H26N8O2/c1-3-16(13-32)28-20-6-5-14(11-27-20)15-9-17(19-12-24-7-8-26-19)21-18(10-15)29-22(30-21)31-23(33)25-4-2/h5-12,16,32H,3-4,13H2,1-2H3,(H,27,28)(H3,25,29,30,31,33)/t16-/m1/s1. The van der Waals surface area contributed by atoms with Crippen LogP contribution in [0.1, 0.15) is 20.3 Å². The van der Waals surface area contributed by atoms with E-state index in [-0.39, 0.29) is 18.7 Å². The van der Waals surface area contributed by atoms with Crippen LogP contribution in [0.25, 0.3) is 33.4 Å². The first-order chi connectivity index (χ1) is 16.1. The Morgan fingerprint density at radius 3 is 2.67 bits per heavy atom. The van der Waals surface area contributed by atoms with Crippen LogP contribution in [0.15, 0.2) is 49.1 Å². The van der Waals surface area contributed by atoms with Gasteiger partial charge >= 0.3 is 6.03 Å². The molecule has 2 amide bonds. The number of H-pyrrole nitrogens is 1. The summed E-state index contributed by atoms with van der Waals surface area (Å²) in [6.07, 6.45) is 7.49. The van der Waals surface area contributed by atoms with Crippen molar-refractivity contribution in [2.24, 2.45) is 0 Å². The number of aromatic nitrogens is 5. The molecule has 4 aromatic rings. The Bertz CT molecular complexity index is 1220. The van der Waals surface area contributed by atoms with E-state index in [2.05, 4.69) is 40.9 Å². The highest BCUT2D eigenvalue weighted by Crippen LogP contribution is 2.33. The average molecular weight is 447 g/mol. The number of carbonyl (C=O) groups excluding carboxylic acids is 1. The lowest BCUT2D eigenvalue weighted by atomic mass is 10.0. The molecule has 0 radical (unpaired) electrons. The Morgan fingerprint density at radius 2 is 2.00 bits per heavy atom. The van der Waals surface area contributed by atoms with Crippen LogP contribution in [0, 0.1) is 0 Å². The number of urea groups is 1. The quantitative estimate of drug-likeness (QED) is 0.279. The minimum atomic E-state index is -0.335. The molecule has 1 atom stereocenters. The lowest BCUT2D eigenvalue weighted by molar-refractivity contribution is 0.252. The van der Waals surface area contributed by atoms with Gasteiger partial charge in [0.25, 0.3) is 0 Å². The van der Waals surface area contributed by atoms with Crippen molar-refractivity contribution in [3.63, 3.8) is 0 Å². The number of amides is 2. The van der Waals surface area contributed by atoms with Crippen molar-refractivity contribution in [3.8, 4) is 22.4 Å². The number of nitrogens with one attached hydrogen (secondary N) is 4. The zero-order valence-corrected chi connectivity index (χ0v) is 18.5. The van der Waals surface area contributed by atoms with Crippen LogP contribution in [0.4, 0.5) is 16.6 Å². The van der Waals surface area contributed by atoms with E-state index in [0.717, 1.165) is 28.6 Å². The van der Waals surface area contributed by atoms with Gasteiger partial charge in [0.15, 0.2) is 0 Å². The summed E-state index contributed by atoms with van der Waals surface area (Å²) in [6.45, 7) is 4.41. The summed E-state index contributed by atoms with van der Waals surface area (Å²) in [5.41, 5.74) is 4.67. The van der Waals surface area contributed by atoms with Crippen LogP contribution in [0.2, 0.25) is 0 Å². The molecule has 33 heavy (non-hydrogen) atoms. The average Bonchev–Trinajstić information content (AvgIpc) is 3.25. The van der Waals surface area contributed by atoms with Gasteiger partial charge in [0.1, 0.15) is 11.3 Å². The number of aliphatic hydroxyl groups is 1. The number of rotatable bonds is 8. The molecule has 0 spiro atoms. The third-order valence-corrected chi connectivity index (χ3v) is 5.16. The molecule has 0 aliphatic heterocycles. The fourth-order valence-corrected chi connectivity index (χ4v) is 3.43. The van der Waals surface area contributed by atoms with E-state index in [1.165, 1.54) is 0 Å². The number of hydrogen-bond donors (Lipinski definition) is 5. The predicted octanol–water partition coefficient (Wildman–Crippen LogP) is 3.41. The van der Waals surface area contributed by atoms with E-state index >= 15 is 0 Å². The van der Waals surface area contributed by atoms with E-state index in [1.54, 1.807) is 24.8 Å². The first-order valence-electron chi connectivity index (χ1n) is 10.8. The second kappa shape index (κ2) is 10.0. The van der Waals surface area contributed by atoms with Crippen molar-refractivity contribution in [1.82, 2.24) is 30.2 Å².